The fourth-order valence-corrected chi connectivity index (χ4v) is 3.20. The van der Waals surface area contributed by atoms with Gasteiger partial charge in [-0.2, -0.15) is 0 Å². The summed E-state index contributed by atoms with van der Waals surface area (Å²) < 4.78 is 15.6. The zero-order valence-corrected chi connectivity index (χ0v) is 9.58. The van der Waals surface area contributed by atoms with Crippen LogP contribution in [0.25, 0.3) is 0 Å². The van der Waals surface area contributed by atoms with E-state index in [9.17, 15) is 9.59 Å². The van der Waals surface area contributed by atoms with Crippen molar-refractivity contribution in [1.82, 2.24) is 0 Å². The van der Waals surface area contributed by atoms with Gasteiger partial charge in [-0.05, 0) is 23.3 Å². The van der Waals surface area contributed by atoms with Crippen LogP contribution in [0.2, 0.25) is 0 Å². The quantitative estimate of drug-likeness (QED) is 0.549. The maximum Gasteiger partial charge on any atom is 0.320 e. The summed E-state index contributed by atoms with van der Waals surface area (Å²) in [4.78, 5) is 23.3. The molecule has 0 spiro atoms. The third kappa shape index (κ3) is 1.01. The fraction of sp³-hybridized carbons (Fsp3) is 0.385. The van der Waals surface area contributed by atoms with E-state index in [0.29, 0.717) is 0 Å². The van der Waals surface area contributed by atoms with E-state index in [1.165, 1.54) is 0 Å². The number of rotatable bonds is 1. The van der Waals surface area contributed by atoms with Gasteiger partial charge in [0.2, 0.25) is 0 Å². The summed E-state index contributed by atoms with van der Waals surface area (Å²) in [5, 5.41) is 0. The van der Waals surface area contributed by atoms with E-state index in [0.717, 1.165) is 16.9 Å². The van der Waals surface area contributed by atoms with Crippen LogP contribution >= 0.6 is 0 Å². The maximum atomic E-state index is 11.7. The Morgan fingerprint density at radius 3 is 2.39 bits per heavy atom. The van der Waals surface area contributed by atoms with Gasteiger partial charge in [0.25, 0.3) is 0 Å². The minimum Gasteiger partial charge on any atom is -0.497 e. The number of ether oxygens (including phenoxy) is 3. The number of benzene rings is 1. The summed E-state index contributed by atoms with van der Waals surface area (Å²) in [7, 11) is 1.59. The minimum atomic E-state index is -0.484. The Hall–Kier alpha value is -1.88. The molecule has 92 valence electrons. The molecule has 5 heteroatoms. The topological polar surface area (TPSA) is 61.8 Å². The van der Waals surface area contributed by atoms with Gasteiger partial charge >= 0.3 is 11.9 Å². The molecule has 2 fully saturated rings. The predicted octanol–water partition coefficient (Wildman–Crippen LogP) is 1.14. The highest BCUT2D eigenvalue weighted by Gasteiger charge is 2.63. The molecule has 3 heterocycles. The van der Waals surface area contributed by atoms with Crippen LogP contribution in [0.1, 0.15) is 23.3 Å². The van der Waals surface area contributed by atoms with Crippen molar-refractivity contribution in [3.05, 3.63) is 29.3 Å². The van der Waals surface area contributed by atoms with E-state index in [4.69, 9.17) is 14.2 Å². The largest absolute Gasteiger partial charge is 0.497 e. The van der Waals surface area contributed by atoms with Gasteiger partial charge in [-0.15, -0.1) is 0 Å². The van der Waals surface area contributed by atoms with Crippen molar-refractivity contribution < 1.29 is 23.8 Å². The van der Waals surface area contributed by atoms with E-state index in [1.54, 1.807) is 7.11 Å². The van der Waals surface area contributed by atoms with Crippen LogP contribution in [-0.4, -0.2) is 19.0 Å². The molecule has 18 heavy (non-hydrogen) atoms. The predicted molar refractivity (Wildman–Crippen MR) is 57.6 cm³/mol. The van der Waals surface area contributed by atoms with Gasteiger partial charge in [0.15, 0.2) is 0 Å². The first-order valence-corrected chi connectivity index (χ1v) is 5.79. The van der Waals surface area contributed by atoms with Crippen molar-refractivity contribution in [3.8, 4) is 5.75 Å². The van der Waals surface area contributed by atoms with Crippen LogP contribution in [0.4, 0.5) is 0 Å². The number of cyclic esters (lactones) is 2. The van der Waals surface area contributed by atoms with Gasteiger partial charge in [0.05, 0.1) is 19.3 Å². The van der Waals surface area contributed by atoms with E-state index in [-0.39, 0.29) is 12.2 Å². The molecule has 3 aliphatic heterocycles. The first-order chi connectivity index (χ1) is 8.70. The van der Waals surface area contributed by atoms with Crippen LogP contribution in [0.3, 0.4) is 0 Å². The second-order valence-electron chi connectivity index (χ2n) is 4.76. The Bertz CT molecular complexity index is 579. The molecule has 0 saturated carbocycles. The lowest BCUT2D eigenvalue weighted by atomic mass is 9.77. The Kier molecular flexibility index (Phi) is 1.74. The van der Waals surface area contributed by atoms with Crippen molar-refractivity contribution >= 4 is 11.9 Å². The van der Waals surface area contributed by atoms with Crippen molar-refractivity contribution in [3.63, 3.8) is 0 Å². The minimum absolute atomic E-state index is 0.347. The third-order valence-corrected chi connectivity index (χ3v) is 3.98. The van der Waals surface area contributed by atoms with Crippen LogP contribution in [0.5, 0.6) is 5.75 Å². The number of hydrogen-bond acceptors (Lipinski definition) is 5. The van der Waals surface area contributed by atoms with Crippen LogP contribution in [0.15, 0.2) is 18.2 Å². The molecule has 4 atom stereocenters. The zero-order chi connectivity index (χ0) is 12.4. The van der Waals surface area contributed by atoms with Gasteiger partial charge < -0.3 is 14.2 Å². The number of carbonyl (C=O) groups excluding carboxylic acids is 2. The Balaban J connectivity index is 1.86. The van der Waals surface area contributed by atoms with Gasteiger partial charge in [-0.1, -0.05) is 6.07 Å². The van der Waals surface area contributed by atoms with Crippen molar-refractivity contribution in [2.75, 3.05) is 7.11 Å². The highest BCUT2D eigenvalue weighted by Crippen LogP contribution is 2.60. The van der Waals surface area contributed by atoms with Crippen molar-refractivity contribution in [2.24, 2.45) is 11.8 Å². The second kappa shape index (κ2) is 3.11. The molecule has 3 aliphatic rings. The van der Waals surface area contributed by atoms with E-state index >= 15 is 0 Å². The number of methoxy groups -OCH3 is 1. The van der Waals surface area contributed by atoms with Gasteiger partial charge in [0.1, 0.15) is 17.6 Å². The van der Waals surface area contributed by atoms with Crippen LogP contribution in [0, 0.1) is 11.8 Å². The SMILES string of the molecule is COc1ccc2c(c1)[C@H]1O[C@H]2[C@@H]2C(=O)OC(=O)[C@H]21. The lowest BCUT2D eigenvalue weighted by Gasteiger charge is -2.19. The van der Waals surface area contributed by atoms with E-state index < -0.39 is 23.8 Å². The van der Waals surface area contributed by atoms with Gasteiger partial charge in [-0.25, -0.2) is 0 Å². The standard InChI is InChI=1S/C13H10O5/c1-16-5-2-3-6-7(4-5)11-9-8(10(6)17-11)12(14)18-13(9)15/h2-4,8-11H,1H3/t8-,9-,10-,11-/m1/s1. The molecule has 1 aromatic carbocycles. The molecule has 0 N–H and O–H groups in total. The molecule has 0 unspecified atom stereocenters. The molecular formula is C13H10O5. The molecule has 5 nitrogen and oxygen atoms in total. The molecule has 0 aromatic heterocycles. The molecular weight excluding hydrogens is 236 g/mol. The average molecular weight is 246 g/mol. The smallest absolute Gasteiger partial charge is 0.320 e. The van der Waals surface area contributed by atoms with E-state index in [1.807, 2.05) is 18.2 Å². The number of carbonyl (C=O) groups is 2. The fourth-order valence-electron chi connectivity index (χ4n) is 3.20. The lowest BCUT2D eigenvalue weighted by Crippen LogP contribution is -2.24. The maximum absolute atomic E-state index is 11.7. The first-order valence-electron chi connectivity index (χ1n) is 5.79. The Labute approximate surface area is 103 Å². The molecule has 0 radical (unpaired) electrons. The zero-order valence-electron chi connectivity index (χ0n) is 9.58. The number of hydrogen-bond donors (Lipinski definition) is 0. The summed E-state index contributed by atoms with van der Waals surface area (Å²) in [6.07, 6.45) is -0.719. The average Bonchev–Trinajstić information content (AvgIpc) is 3.00. The summed E-state index contributed by atoms with van der Waals surface area (Å²) in [6.45, 7) is 0. The normalized spacial score (nSPS) is 35.4. The van der Waals surface area contributed by atoms with Crippen LogP contribution in [-0.2, 0) is 19.1 Å². The molecule has 4 rings (SSSR count). The lowest BCUT2D eigenvalue weighted by molar-refractivity contribution is -0.157. The Morgan fingerprint density at radius 1 is 1.06 bits per heavy atom. The third-order valence-electron chi connectivity index (χ3n) is 3.98. The molecule has 2 bridgehead atoms. The highest BCUT2D eigenvalue weighted by molar-refractivity contribution is 5.98. The highest BCUT2D eigenvalue weighted by atomic mass is 16.6. The first kappa shape index (κ1) is 10.1. The second-order valence-corrected chi connectivity index (χ2v) is 4.76. The summed E-state index contributed by atoms with van der Waals surface area (Å²) in [5.41, 5.74) is 1.90. The Morgan fingerprint density at radius 2 is 1.72 bits per heavy atom. The molecule has 2 saturated heterocycles. The van der Waals surface area contributed by atoms with Crippen molar-refractivity contribution in [1.29, 1.82) is 0 Å². The monoisotopic (exact) mass is 246 g/mol. The summed E-state index contributed by atoms with van der Waals surface area (Å²) in [5.74, 6) is -1.16. The van der Waals surface area contributed by atoms with Gasteiger partial charge in [0, 0.05) is 0 Å². The van der Waals surface area contributed by atoms with Gasteiger partial charge in [-0.3, -0.25) is 9.59 Å². The summed E-state index contributed by atoms with van der Waals surface area (Å²) in [6, 6.07) is 5.59. The molecule has 0 amide bonds. The molecule has 1 aromatic rings. The van der Waals surface area contributed by atoms with Crippen molar-refractivity contribution in [2.45, 2.75) is 12.2 Å². The number of fused-ring (bicyclic) bond motifs is 8. The summed E-state index contributed by atoms with van der Waals surface area (Å²) >= 11 is 0. The van der Waals surface area contributed by atoms with Crippen LogP contribution < -0.4 is 4.74 Å². The molecule has 0 aliphatic carbocycles. The van der Waals surface area contributed by atoms with E-state index in [2.05, 4.69) is 0 Å². The number of esters is 2.